The normalized spacial score (nSPS) is 63.1. The zero-order chi connectivity index (χ0) is 15.1. The van der Waals surface area contributed by atoms with E-state index >= 15 is 0 Å². The molecule has 9 atom stereocenters. The number of hydrogen-bond acceptors (Lipinski definition) is 2. The predicted molar refractivity (Wildman–Crippen MR) is 89.9 cm³/mol. The molecular formula is C19H29BrO2. The van der Waals surface area contributed by atoms with Crippen LogP contribution in [-0.2, 0) is 4.74 Å². The highest BCUT2D eigenvalue weighted by molar-refractivity contribution is 9.09. The summed E-state index contributed by atoms with van der Waals surface area (Å²) < 4.78 is 6.26. The molecular weight excluding hydrogens is 340 g/mol. The summed E-state index contributed by atoms with van der Waals surface area (Å²) in [5.41, 5.74) is 0.711. The molecule has 124 valence electrons. The van der Waals surface area contributed by atoms with Crippen LogP contribution in [0.25, 0.3) is 0 Å². The van der Waals surface area contributed by atoms with Gasteiger partial charge in [-0.2, -0.15) is 0 Å². The minimum atomic E-state index is -0.0421. The Morgan fingerprint density at radius 3 is 2.82 bits per heavy atom. The average Bonchev–Trinajstić information content (AvgIpc) is 3.02. The summed E-state index contributed by atoms with van der Waals surface area (Å²) in [5, 5.41) is 10.5. The zero-order valence-corrected chi connectivity index (χ0v) is 15.2. The van der Waals surface area contributed by atoms with Crippen molar-refractivity contribution in [3.63, 3.8) is 0 Å². The fraction of sp³-hybridized carbons (Fsp3) is 1.00. The number of hydrogen-bond donors (Lipinski definition) is 1. The van der Waals surface area contributed by atoms with Crippen LogP contribution in [0.4, 0.5) is 0 Å². The first-order valence-electron chi connectivity index (χ1n) is 9.48. The third kappa shape index (κ3) is 1.69. The van der Waals surface area contributed by atoms with Gasteiger partial charge in [-0.15, -0.1) is 0 Å². The van der Waals surface area contributed by atoms with Gasteiger partial charge >= 0.3 is 0 Å². The number of rotatable bonds is 0. The quantitative estimate of drug-likeness (QED) is 0.651. The maximum Gasteiger partial charge on any atom is 0.0706 e. The lowest BCUT2D eigenvalue weighted by atomic mass is 9.45. The maximum atomic E-state index is 10.5. The van der Waals surface area contributed by atoms with Crippen LogP contribution < -0.4 is 0 Å². The van der Waals surface area contributed by atoms with Gasteiger partial charge in [0.25, 0.3) is 0 Å². The first kappa shape index (κ1) is 14.7. The third-order valence-electron chi connectivity index (χ3n) is 8.85. The van der Waals surface area contributed by atoms with Gasteiger partial charge in [-0.25, -0.2) is 0 Å². The Hall–Kier alpha value is 0.400. The molecule has 4 saturated carbocycles. The van der Waals surface area contributed by atoms with Crippen molar-refractivity contribution in [2.45, 2.75) is 75.3 Å². The first-order chi connectivity index (χ1) is 10.5. The van der Waals surface area contributed by atoms with E-state index in [1.54, 1.807) is 0 Å². The van der Waals surface area contributed by atoms with E-state index in [-0.39, 0.29) is 11.5 Å². The molecule has 2 nitrogen and oxygen atoms in total. The van der Waals surface area contributed by atoms with Gasteiger partial charge in [-0.3, -0.25) is 0 Å². The van der Waals surface area contributed by atoms with Gasteiger partial charge in [-0.05, 0) is 80.5 Å². The van der Waals surface area contributed by atoms with Gasteiger partial charge in [0.05, 0.1) is 18.8 Å². The summed E-state index contributed by atoms with van der Waals surface area (Å²) in [5.74, 6) is 3.39. The Balaban J connectivity index is 1.49. The summed E-state index contributed by atoms with van der Waals surface area (Å²) >= 11 is 3.89. The van der Waals surface area contributed by atoms with Crippen LogP contribution in [-0.4, -0.2) is 28.7 Å². The van der Waals surface area contributed by atoms with E-state index in [0.717, 1.165) is 36.7 Å². The number of halogens is 1. The van der Waals surface area contributed by atoms with Gasteiger partial charge in [-0.1, -0.05) is 22.9 Å². The standard InChI is InChI=1S/C19H29BrO2/c1-18-7-6-14-12(13(18)4-5-17(18)21)3-2-11-8-15(20)16-9-19(11,14)10-22-16/h11-17,21H,2-10H2,1H3/t11-,12-,13-,14-,15-,16-,17-,18-,19+/m0/s1. The lowest BCUT2D eigenvalue weighted by Gasteiger charge is -2.59. The van der Waals surface area contributed by atoms with Crippen molar-refractivity contribution < 1.29 is 9.84 Å². The molecule has 1 N–H and O–H groups in total. The van der Waals surface area contributed by atoms with E-state index in [9.17, 15) is 5.11 Å². The summed E-state index contributed by atoms with van der Waals surface area (Å²) in [7, 11) is 0. The van der Waals surface area contributed by atoms with Gasteiger partial charge < -0.3 is 9.84 Å². The van der Waals surface area contributed by atoms with E-state index in [2.05, 4.69) is 22.9 Å². The molecule has 3 heteroatoms. The smallest absolute Gasteiger partial charge is 0.0706 e. The van der Waals surface area contributed by atoms with Crippen molar-refractivity contribution in [2.24, 2.45) is 34.5 Å². The molecule has 4 aliphatic carbocycles. The van der Waals surface area contributed by atoms with Crippen molar-refractivity contribution in [3.8, 4) is 0 Å². The molecule has 1 heterocycles. The molecule has 5 rings (SSSR count). The molecule has 22 heavy (non-hydrogen) atoms. The Kier molecular flexibility index (Phi) is 3.16. The SMILES string of the molecule is C[C@]12CC[C@H]3[C@@H](CC[C@H]4C[C@H](Br)[C@@H]5C[C@@]43CO5)[C@@H]1CC[C@@H]2O. The Labute approximate surface area is 142 Å². The molecule has 0 amide bonds. The van der Waals surface area contributed by atoms with Crippen molar-refractivity contribution in [1.29, 1.82) is 0 Å². The molecule has 1 aliphatic heterocycles. The molecule has 1 spiro atoms. The zero-order valence-electron chi connectivity index (χ0n) is 13.6. The monoisotopic (exact) mass is 368 g/mol. The topological polar surface area (TPSA) is 29.5 Å². The molecule has 0 aromatic rings. The molecule has 0 radical (unpaired) electrons. The summed E-state index contributed by atoms with van der Waals surface area (Å²) in [6.07, 6.45) is 10.8. The van der Waals surface area contributed by atoms with Crippen LogP contribution in [0.5, 0.6) is 0 Å². The highest BCUT2D eigenvalue weighted by Crippen LogP contribution is 2.68. The van der Waals surface area contributed by atoms with E-state index in [4.69, 9.17) is 4.74 Å². The fourth-order valence-electron chi connectivity index (χ4n) is 7.67. The van der Waals surface area contributed by atoms with E-state index in [0.29, 0.717) is 16.3 Å². The Morgan fingerprint density at radius 1 is 1.09 bits per heavy atom. The average molecular weight is 369 g/mol. The molecule has 2 bridgehead atoms. The molecule has 5 fully saturated rings. The predicted octanol–water partition coefficient (Wildman–Crippen LogP) is 4.14. The van der Waals surface area contributed by atoms with Crippen LogP contribution >= 0.6 is 15.9 Å². The van der Waals surface area contributed by atoms with Gasteiger partial charge in [0.15, 0.2) is 0 Å². The van der Waals surface area contributed by atoms with Gasteiger partial charge in [0.2, 0.25) is 0 Å². The summed E-state index contributed by atoms with van der Waals surface area (Å²) in [6, 6.07) is 0. The second-order valence-electron chi connectivity index (χ2n) is 9.33. The van der Waals surface area contributed by atoms with Crippen LogP contribution in [0, 0.1) is 34.5 Å². The van der Waals surface area contributed by atoms with E-state index in [1.807, 2.05) is 0 Å². The van der Waals surface area contributed by atoms with Gasteiger partial charge in [0, 0.05) is 10.2 Å². The van der Waals surface area contributed by atoms with Crippen molar-refractivity contribution >= 4 is 15.9 Å². The lowest BCUT2D eigenvalue weighted by molar-refractivity contribution is -0.117. The van der Waals surface area contributed by atoms with Crippen LogP contribution in [0.2, 0.25) is 0 Å². The van der Waals surface area contributed by atoms with Crippen LogP contribution in [0.15, 0.2) is 0 Å². The van der Waals surface area contributed by atoms with Crippen LogP contribution in [0.3, 0.4) is 0 Å². The molecule has 0 aromatic heterocycles. The minimum Gasteiger partial charge on any atom is -0.393 e. The highest BCUT2D eigenvalue weighted by Gasteiger charge is 2.64. The number of ether oxygens (including phenoxy) is 1. The maximum absolute atomic E-state index is 10.5. The number of aliphatic hydroxyl groups is 1. The van der Waals surface area contributed by atoms with Crippen molar-refractivity contribution in [1.82, 2.24) is 0 Å². The second-order valence-corrected chi connectivity index (χ2v) is 10.5. The third-order valence-corrected chi connectivity index (χ3v) is 9.81. The highest BCUT2D eigenvalue weighted by atomic mass is 79.9. The van der Waals surface area contributed by atoms with Gasteiger partial charge in [0.1, 0.15) is 0 Å². The first-order valence-corrected chi connectivity index (χ1v) is 10.4. The molecule has 0 aromatic carbocycles. The fourth-order valence-corrected chi connectivity index (χ4v) is 8.46. The largest absolute Gasteiger partial charge is 0.393 e. The van der Waals surface area contributed by atoms with Crippen molar-refractivity contribution in [3.05, 3.63) is 0 Å². The van der Waals surface area contributed by atoms with Crippen LogP contribution in [0.1, 0.15) is 58.3 Å². The van der Waals surface area contributed by atoms with E-state index < -0.39 is 0 Å². The number of aliphatic hydroxyl groups excluding tert-OH is 1. The number of fused-ring (bicyclic) bond motifs is 4. The molecule has 1 saturated heterocycles. The lowest BCUT2D eigenvalue weighted by Crippen LogP contribution is -2.55. The Morgan fingerprint density at radius 2 is 1.95 bits per heavy atom. The molecule has 0 unspecified atom stereocenters. The Bertz CT molecular complexity index is 482. The molecule has 5 aliphatic rings. The van der Waals surface area contributed by atoms with Crippen molar-refractivity contribution in [2.75, 3.05) is 6.61 Å². The van der Waals surface area contributed by atoms with E-state index in [1.165, 1.54) is 44.9 Å². The minimum absolute atomic E-state index is 0.0421. The summed E-state index contributed by atoms with van der Waals surface area (Å²) in [6.45, 7) is 3.41. The second kappa shape index (κ2) is 4.73. The number of alkyl halides is 1. The summed E-state index contributed by atoms with van der Waals surface area (Å²) in [4.78, 5) is 0.590.